The molecule has 2 aliphatic rings. The summed E-state index contributed by atoms with van der Waals surface area (Å²) in [5.74, 6) is 0.208. The molecule has 0 amide bonds. The van der Waals surface area contributed by atoms with Crippen LogP contribution in [0.1, 0.15) is 16.8 Å². The number of rotatable bonds is 2. The molecule has 0 unspecified atom stereocenters. The number of benzene rings is 1. The Morgan fingerprint density at radius 2 is 1.92 bits per heavy atom. The molecular formula is C17H12BF5N2O. The number of fused-ring (bicyclic) bond motifs is 2. The van der Waals surface area contributed by atoms with Crippen molar-refractivity contribution in [1.82, 2.24) is 4.48 Å². The van der Waals surface area contributed by atoms with Gasteiger partial charge in [0.2, 0.25) is 0 Å². The van der Waals surface area contributed by atoms with Gasteiger partial charge in [-0.05, 0) is 36.5 Å². The third-order valence-corrected chi connectivity index (χ3v) is 4.54. The highest BCUT2D eigenvalue weighted by molar-refractivity contribution is 6.57. The van der Waals surface area contributed by atoms with E-state index in [9.17, 15) is 21.8 Å². The number of alkyl halides is 3. The van der Waals surface area contributed by atoms with Crippen molar-refractivity contribution in [2.24, 2.45) is 0 Å². The van der Waals surface area contributed by atoms with Gasteiger partial charge in [0.15, 0.2) is 5.70 Å². The molecule has 2 aromatic rings. The molecular weight excluding hydrogens is 354 g/mol. The number of methoxy groups -OCH3 is 1. The minimum Gasteiger partial charge on any atom is -0.497 e. The van der Waals surface area contributed by atoms with Gasteiger partial charge in [0, 0.05) is 23.4 Å². The van der Waals surface area contributed by atoms with Gasteiger partial charge in [-0.25, -0.2) is 0 Å². The second-order valence-corrected chi connectivity index (χ2v) is 5.97. The summed E-state index contributed by atoms with van der Waals surface area (Å²) in [7, 11) is 1.33. The summed E-state index contributed by atoms with van der Waals surface area (Å²) < 4.78 is 76.8. The lowest BCUT2D eigenvalue weighted by Crippen LogP contribution is -2.49. The van der Waals surface area contributed by atoms with E-state index < -0.39 is 18.7 Å². The molecule has 0 saturated carbocycles. The third kappa shape index (κ3) is 2.23. The van der Waals surface area contributed by atoms with Gasteiger partial charge in [-0.15, -0.1) is 0 Å². The van der Waals surface area contributed by atoms with Gasteiger partial charge in [0.1, 0.15) is 12.0 Å². The van der Waals surface area contributed by atoms with E-state index in [0.29, 0.717) is 0 Å². The monoisotopic (exact) mass is 366 g/mol. The zero-order chi connectivity index (χ0) is 18.7. The molecule has 1 aromatic carbocycles. The van der Waals surface area contributed by atoms with Gasteiger partial charge >= 0.3 is 13.1 Å². The Morgan fingerprint density at radius 1 is 1.15 bits per heavy atom. The maximum atomic E-state index is 14.8. The van der Waals surface area contributed by atoms with Gasteiger partial charge in [-0.3, -0.25) is 0 Å². The zero-order valence-electron chi connectivity index (χ0n) is 13.5. The largest absolute Gasteiger partial charge is 0.737 e. The second-order valence-electron chi connectivity index (χ2n) is 5.97. The summed E-state index contributed by atoms with van der Waals surface area (Å²) in [5, 5.41) is 0. The normalized spacial score (nSPS) is 17.8. The van der Waals surface area contributed by atoms with Gasteiger partial charge in [-0.1, -0.05) is 0 Å². The van der Waals surface area contributed by atoms with Crippen molar-refractivity contribution < 1.29 is 31.0 Å². The lowest BCUT2D eigenvalue weighted by Gasteiger charge is -2.31. The molecule has 0 spiro atoms. The summed E-state index contributed by atoms with van der Waals surface area (Å²) in [4.78, 5) is 0. The molecule has 134 valence electrons. The molecule has 3 nitrogen and oxygen atoms in total. The third-order valence-electron chi connectivity index (χ3n) is 4.54. The molecule has 3 heterocycles. The first kappa shape index (κ1) is 16.6. The molecule has 26 heavy (non-hydrogen) atoms. The first-order valence-corrected chi connectivity index (χ1v) is 7.74. The quantitative estimate of drug-likeness (QED) is 0.576. The summed E-state index contributed by atoms with van der Waals surface area (Å²) in [5.41, 5.74) is -0.978. The Kier molecular flexibility index (Phi) is 3.41. The summed E-state index contributed by atoms with van der Waals surface area (Å²) in [6, 6.07) is 6.11. The van der Waals surface area contributed by atoms with Crippen LogP contribution in [-0.2, 0) is 6.18 Å². The van der Waals surface area contributed by atoms with Crippen LogP contribution in [0.5, 0.6) is 5.75 Å². The van der Waals surface area contributed by atoms with Crippen molar-refractivity contribution in [3.63, 3.8) is 0 Å². The van der Waals surface area contributed by atoms with Crippen LogP contribution in [0.2, 0.25) is 0 Å². The van der Waals surface area contributed by atoms with Crippen molar-refractivity contribution in [1.29, 1.82) is 0 Å². The fraction of sp³-hybridized carbons (Fsp3) is 0.118. The summed E-state index contributed by atoms with van der Waals surface area (Å²) >= 11 is 0. The number of allylic oxidation sites excluding steroid dienone is 2. The minimum atomic E-state index is -4.64. The van der Waals surface area contributed by atoms with Crippen molar-refractivity contribution in [2.45, 2.75) is 6.18 Å². The molecule has 0 radical (unpaired) electrons. The minimum absolute atomic E-state index is 0.0277. The Balaban J connectivity index is 2.08. The van der Waals surface area contributed by atoms with Crippen LogP contribution < -0.4 is 4.74 Å². The van der Waals surface area contributed by atoms with E-state index in [0.717, 1.165) is 15.0 Å². The number of hydrogen-bond acceptors (Lipinski definition) is 1. The fourth-order valence-corrected chi connectivity index (χ4v) is 3.40. The first-order chi connectivity index (χ1) is 12.2. The summed E-state index contributed by atoms with van der Waals surface area (Å²) in [6.07, 6.45) is 0.484. The van der Waals surface area contributed by atoms with E-state index in [1.54, 1.807) is 0 Å². The number of hydrogen-bond donors (Lipinski definition) is 0. The lowest BCUT2D eigenvalue weighted by atomic mass is 9.85. The van der Waals surface area contributed by atoms with E-state index in [1.165, 1.54) is 55.9 Å². The fourth-order valence-electron chi connectivity index (χ4n) is 3.40. The predicted octanol–water partition coefficient (Wildman–Crippen LogP) is 4.16. The summed E-state index contributed by atoms with van der Waals surface area (Å²) in [6.45, 7) is -4.17. The maximum absolute atomic E-state index is 14.8. The van der Waals surface area contributed by atoms with Gasteiger partial charge in [0.25, 0.3) is 0 Å². The van der Waals surface area contributed by atoms with Crippen LogP contribution >= 0.6 is 0 Å². The highest BCUT2D eigenvalue weighted by Gasteiger charge is 2.52. The second kappa shape index (κ2) is 5.33. The predicted molar refractivity (Wildman–Crippen MR) is 87.3 cm³/mol. The molecule has 0 N–H and O–H groups in total. The molecule has 0 fully saturated rings. The van der Waals surface area contributed by atoms with E-state index in [4.69, 9.17) is 4.74 Å². The van der Waals surface area contributed by atoms with E-state index in [1.807, 2.05) is 0 Å². The lowest BCUT2D eigenvalue weighted by molar-refractivity contribution is -0.356. The number of ether oxygens (including phenoxy) is 1. The molecule has 4 rings (SSSR count). The van der Waals surface area contributed by atoms with Crippen LogP contribution in [0.3, 0.4) is 0 Å². The highest BCUT2D eigenvalue weighted by atomic mass is 19.4. The smallest absolute Gasteiger partial charge is 0.497 e. The van der Waals surface area contributed by atoms with Gasteiger partial charge < -0.3 is 22.3 Å². The number of halogens is 5. The average Bonchev–Trinajstić information content (AvgIpc) is 3.24. The Bertz CT molecular complexity index is 1000. The van der Waals surface area contributed by atoms with E-state index in [2.05, 4.69) is 0 Å². The average molecular weight is 366 g/mol. The molecule has 0 bridgehead atoms. The van der Waals surface area contributed by atoms with E-state index >= 15 is 0 Å². The molecule has 9 heteroatoms. The Hall–Kier alpha value is -2.84. The van der Waals surface area contributed by atoms with Crippen LogP contribution in [-0.4, -0.2) is 29.3 Å². The SMILES string of the molecule is COc1ccc(C(F)(F)F)c(C2=C3C=CC=[N+]3[B-](F)(F)n3cccc32)c1. The first-order valence-electron chi connectivity index (χ1n) is 7.74. The zero-order valence-corrected chi connectivity index (χ0v) is 13.5. The van der Waals surface area contributed by atoms with Crippen molar-refractivity contribution in [3.05, 3.63) is 71.2 Å². The van der Waals surface area contributed by atoms with Crippen molar-refractivity contribution in [2.75, 3.05) is 7.11 Å². The van der Waals surface area contributed by atoms with Crippen LogP contribution in [0.15, 0.2) is 54.4 Å². The van der Waals surface area contributed by atoms with Crippen LogP contribution in [0.25, 0.3) is 5.57 Å². The van der Waals surface area contributed by atoms with Crippen molar-refractivity contribution >= 4 is 18.8 Å². The highest BCUT2D eigenvalue weighted by Crippen LogP contribution is 2.44. The Labute approximate surface area is 145 Å². The van der Waals surface area contributed by atoms with E-state index in [-0.39, 0.29) is 28.3 Å². The van der Waals surface area contributed by atoms with Crippen LogP contribution in [0.4, 0.5) is 21.8 Å². The molecule has 0 atom stereocenters. The molecule has 2 aliphatic heterocycles. The molecule has 1 aromatic heterocycles. The molecule has 0 aliphatic carbocycles. The maximum Gasteiger partial charge on any atom is 0.737 e. The van der Waals surface area contributed by atoms with Gasteiger partial charge in [-0.2, -0.15) is 13.2 Å². The number of nitrogens with zero attached hydrogens (tertiary/aromatic N) is 2. The van der Waals surface area contributed by atoms with Crippen LogP contribution in [0, 0.1) is 0 Å². The van der Waals surface area contributed by atoms with Gasteiger partial charge in [0.05, 0.1) is 18.2 Å². The Morgan fingerprint density at radius 3 is 2.62 bits per heavy atom. The topological polar surface area (TPSA) is 17.2 Å². The standard InChI is InChI=1S/C17H12BF5N2O/c1-26-11-6-7-13(17(19,20)21)12(10-11)16-14-4-2-8-24(14)18(22,23)25-9-3-5-15(16)25/h2-10H,1H3. The van der Waals surface area contributed by atoms with Crippen molar-refractivity contribution in [3.8, 4) is 5.75 Å². The molecule has 0 saturated heterocycles. The number of aromatic nitrogens is 1.